The Hall–Kier alpha value is -1.58. The molecule has 14 heavy (non-hydrogen) atoms. The smallest absolute Gasteiger partial charge is 0.223 e. The molecule has 0 aliphatic heterocycles. The Balaban J connectivity index is 2.47. The highest BCUT2D eigenvalue weighted by atomic mass is 16.6. The number of nitrogens with zero attached hydrogens (tertiary/aromatic N) is 2. The minimum Gasteiger partial charge on any atom is -0.396 e. The fourth-order valence-corrected chi connectivity index (χ4v) is 0.874. The molecule has 0 amide bonds. The zero-order valence-electron chi connectivity index (χ0n) is 8.51. The maximum atomic E-state index is 4.97. The summed E-state index contributed by atoms with van der Waals surface area (Å²) in [6.45, 7) is 2.70. The molecule has 0 saturated carbocycles. The second-order valence-corrected chi connectivity index (χ2v) is 2.74. The first-order chi connectivity index (χ1) is 6.86. The molecule has 4 heteroatoms. The van der Waals surface area contributed by atoms with Gasteiger partial charge in [-0.1, -0.05) is 12.1 Å². The minimum absolute atomic E-state index is 0.654. The molecule has 0 N–H and O–H groups in total. The van der Waals surface area contributed by atoms with E-state index in [4.69, 9.17) is 9.68 Å². The first-order valence-electron chi connectivity index (χ1n) is 4.58. The predicted octanol–water partition coefficient (Wildman–Crippen LogP) is 0.793. The third kappa shape index (κ3) is 3.43. The van der Waals surface area contributed by atoms with Crippen molar-refractivity contribution in [1.82, 2.24) is 0 Å². The van der Waals surface area contributed by atoms with Gasteiger partial charge in [-0.2, -0.15) is 0 Å². The van der Waals surface area contributed by atoms with Crippen LogP contribution >= 0.6 is 0 Å². The van der Waals surface area contributed by atoms with Gasteiger partial charge in [0.1, 0.15) is 13.7 Å². The van der Waals surface area contributed by atoms with Crippen LogP contribution in [0.5, 0.6) is 0 Å². The summed E-state index contributed by atoms with van der Waals surface area (Å²) in [6, 6.07) is 3.78. The first kappa shape index (κ1) is 10.5. The lowest BCUT2D eigenvalue weighted by Crippen LogP contribution is -2.39. The van der Waals surface area contributed by atoms with Gasteiger partial charge in [-0.25, -0.2) is 0 Å². The Labute approximate surface area is 83.7 Å². The first-order valence-corrected chi connectivity index (χ1v) is 4.58. The number of pyridine rings is 1. The van der Waals surface area contributed by atoms with Gasteiger partial charge in [-0.3, -0.25) is 4.84 Å². The van der Waals surface area contributed by atoms with E-state index in [1.807, 2.05) is 19.1 Å². The third-order valence-electron chi connectivity index (χ3n) is 1.61. The number of aromatic nitrogens is 1. The third-order valence-corrected chi connectivity index (χ3v) is 1.61. The molecule has 1 aromatic rings. The Morgan fingerprint density at radius 1 is 1.43 bits per heavy atom. The molecule has 0 aliphatic rings. The van der Waals surface area contributed by atoms with Crippen LogP contribution in [-0.4, -0.2) is 19.9 Å². The Morgan fingerprint density at radius 2 is 2.14 bits per heavy atom. The summed E-state index contributed by atoms with van der Waals surface area (Å²) in [4.78, 5) is 9.93. The second kappa shape index (κ2) is 5.96. The van der Waals surface area contributed by atoms with Crippen LogP contribution in [0.3, 0.4) is 0 Å². The molecule has 0 bridgehead atoms. The van der Waals surface area contributed by atoms with Gasteiger partial charge >= 0.3 is 0 Å². The maximum Gasteiger partial charge on any atom is 0.223 e. The van der Waals surface area contributed by atoms with Gasteiger partial charge in [-0.15, -0.1) is 0 Å². The van der Waals surface area contributed by atoms with Crippen molar-refractivity contribution in [2.24, 2.45) is 5.16 Å². The zero-order chi connectivity index (χ0) is 10.2. The van der Waals surface area contributed by atoms with E-state index >= 15 is 0 Å². The molecular formula is C10H15N2O2+. The molecule has 0 aliphatic carbocycles. The molecule has 0 atom stereocenters. The lowest BCUT2D eigenvalue weighted by Gasteiger charge is -1.94. The van der Waals surface area contributed by atoms with E-state index < -0.39 is 0 Å². The molecule has 1 aromatic heterocycles. The summed E-state index contributed by atoms with van der Waals surface area (Å²) >= 11 is 0. The average molecular weight is 195 g/mol. The van der Waals surface area contributed by atoms with Crippen molar-refractivity contribution < 1.29 is 14.4 Å². The largest absolute Gasteiger partial charge is 0.396 e. The Kier molecular flexibility index (Phi) is 4.47. The van der Waals surface area contributed by atoms with E-state index in [-0.39, 0.29) is 0 Å². The van der Waals surface area contributed by atoms with E-state index in [1.54, 1.807) is 30.4 Å². The van der Waals surface area contributed by atoms with Crippen LogP contribution in [0.4, 0.5) is 0 Å². The van der Waals surface area contributed by atoms with Crippen LogP contribution in [-0.2, 0) is 4.84 Å². The molecule has 1 rings (SSSR count). The Bertz CT molecular complexity index is 283. The van der Waals surface area contributed by atoms with Crippen LogP contribution in [0.1, 0.15) is 18.9 Å². The highest BCUT2D eigenvalue weighted by Crippen LogP contribution is 1.90. The van der Waals surface area contributed by atoms with Gasteiger partial charge in [0, 0.05) is 22.4 Å². The molecule has 1 heterocycles. The quantitative estimate of drug-likeness (QED) is 0.301. The number of hydrogen-bond donors (Lipinski definition) is 0. The molecule has 0 radical (unpaired) electrons. The highest BCUT2D eigenvalue weighted by Gasteiger charge is 1.96. The van der Waals surface area contributed by atoms with E-state index in [1.165, 1.54) is 0 Å². The normalized spacial score (nSPS) is 10.4. The summed E-state index contributed by atoms with van der Waals surface area (Å²) < 4.78 is 1.60. The average Bonchev–Trinajstić information content (AvgIpc) is 2.25. The predicted molar refractivity (Wildman–Crippen MR) is 53.0 cm³/mol. The molecule has 0 spiro atoms. The summed E-state index contributed by atoms with van der Waals surface area (Å²) in [5, 5.41) is 3.81. The van der Waals surface area contributed by atoms with Gasteiger partial charge < -0.3 is 4.84 Å². The number of oxime groups is 1. The summed E-state index contributed by atoms with van der Waals surface area (Å²) in [5.74, 6) is 0. The van der Waals surface area contributed by atoms with E-state index in [0.717, 1.165) is 12.0 Å². The molecule has 4 nitrogen and oxygen atoms in total. The van der Waals surface area contributed by atoms with Crippen LogP contribution in [0, 0.1) is 0 Å². The van der Waals surface area contributed by atoms with Crippen molar-refractivity contribution in [2.45, 2.75) is 13.3 Å². The van der Waals surface area contributed by atoms with Crippen molar-refractivity contribution in [3.8, 4) is 0 Å². The van der Waals surface area contributed by atoms with Gasteiger partial charge in [0.05, 0.1) is 6.21 Å². The summed E-state index contributed by atoms with van der Waals surface area (Å²) in [5.41, 5.74) is 0.981. The van der Waals surface area contributed by atoms with Gasteiger partial charge in [0.15, 0.2) is 0 Å². The van der Waals surface area contributed by atoms with Crippen LogP contribution < -0.4 is 9.57 Å². The summed E-state index contributed by atoms with van der Waals surface area (Å²) in [7, 11) is 1.61. The van der Waals surface area contributed by atoms with Crippen LogP contribution in [0.25, 0.3) is 0 Å². The topological polar surface area (TPSA) is 34.7 Å². The second-order valence-electron chi connectivity index (χ2n) is 2.74. The lowest BCUT2D eigenvalue weighted by molar-refractivity contribution is -0.885. The van der Waals surface area contributed by atoms with E-state index in [9.17, 15) is 0 Å². The molecule has 0 unspecified atom stereocenters. The standard InChI is InChI=1S/C10H15N2O2/c1-3-8-14-11-9-10-4-6-12(13-2)7-5-10/h4-7,9H,3,8H2,1-2H3/q+1/b11-9-. The highest BCUT2D eigenvalue weighted by molar-refractivity contribution is 5.78. The summed E-state index contributed by atoms with van der Waals surface area (Å²) in [6.07, 6.45) is 6.26. The van der Waals surface area contributed by atoms with Crippen molar-refractivity contribution in [2.75, 3.05) is 13.7 Å². The number of hydrogen-bond acceptors (Lipinski definition) is 3. The molecular weight excluding hydrogens is 180 g/mol. The zero-order valence-corrected chi connectivity index (χ0v) is 8.51. The monoisotopic (exact) mass is 195 g/mol. The lowest BCUT2D eigenvalue weighted by atomic mass is 10.3. The fraction of sp³-hybridized carbons (Fsp3) is 0.400. The van der Waals surface area contributed by atoms with E-state index in [0.29, 0.717) is 6.61 Å². The maximum absolute atomic E-state index is 4.97. The molecule has 0 saturated heterocycles. The number of rotatable bonds is 5. The van der Waals surface area contributed by atoms with E-state index in [2.05, 4.69) is 5.16 Å². The van der Waals surface area contributed by atoms with Crippen molar-refractivity contribution >= 4 is 6.21 Å². The molecule has 0 aromatic carbocycles. The Morgan fingerprint density at radius 3 is 2.71 bits per heavy atom. The fourth-order valence-electron chi connectivity index (χ4n) is 0.874. The van der Waals surface area contributed by atoms with Gasteiger partial charge in [-0.05, 0) is 6.42 Å². The van der Waals surface area contributed by atoms with Crippen molar-refractivity contribution in [3.05, 3.63) is 30.1 Å². The SMILES string of the molecule is CCCO/N=C\c1cc[n+](OC)cc1. The van der Waals surface area contributed by atoms with Gasteiger partial charge in [0.25, 0.3) is 0 Å². The van der Waals surface area contributed by atoms with Gasteiger partial charge in [0.2, 0.25) is 12.4 Å². The van der Waals surface area contributed by atoms with Crippen molar-refractivity contribution in [3.63, 3.8) is 0 Å². The molecule has 76 valence electrons. The van der Waals surface area contributed by atoms with Crippen LogP contribution in [0.2, 0.25) is 0 Å². The van der Waals surface area contributed by atoms with Crippen molar-refractivity contribution in [1.29, 1.82) is 0 Å². The molecule has 0 fully saturated rings. The van der Waals surface area contributed by atoms with Crippen LogP contribution in [0.15, 0.2) is 29.7 Å². The minimum atomic E-state index is 0.654.